The average Bonchev–Trinajstić information content (AvgIpc) is 3.21. The molecule has 0 unspecified atom stereocenters. The summed E-state index contributed by atoms with van der Waals surface area (Å²) in [6.07, 6.45) is 9.34. The van der Waals surface area contributed by atoms with Gasteiger partial charge in [-0.15, -0.1) is 17.8 Å². The van der Waals surface area contributed by atoms with Crippen LogP contribution in [0.3, 0.4) is 0 Å². The fourth-order valence-electron chi connectivity index (χ4n) is 2.51. The van der Waals surface area contributed by atoms with Gasteiger partial charge in [-0.2, -0.15) is 5.10 Å². The molecule has 27 heavy (non-hydrogen) atoms. The van der Waals surface area contributed by atoms with Gasteiger partial charge in [-0.25, -0.2) is 14.8 Å². The number of carboxylic acid groups (broad SMARTS) is 1. The molecule has 0 atom stereocenters. The van der Waals surface area contributed by atoms with Crippen molar-refractivity contribution in [3.05, 3.63) is 40.5 Å². The Balaban J connectivity index is 0.00000150. The Morgan fingerprint density at radius 3 is 2.93 bits per heavy atom. The number of carbonyl (C=O) groups is 2. The van der Waals surface area contributed by atoms with Gasteiger partial charge in [0.05, 0.1) is 15.3 Å². The molecule has 0 spiro atoms. The van der Waals surface area contributed by atoms with Gasteiger partial charge in [0.1, 0.15) is 0 Å². The molecule has 1 saturated carbocycles. The first-order valence-electron chi connectivity index (χ1n) is 8.09. The zero-order chi connectivity index (χ0) is 19.0. The van der Waals surface area contributed by atoms with Gasteiger partial charge >= 0.3 is 5.97 Å². The normalized spacial score (nSPS) is 13.1. The molecule has 0 amide bonds. The van der Waals surface area contributed by atoms with Crippen LogP contribution in [0.1, 0.15) is 42.5 Å². The summed E-state index contributed by atoms with van der Waals surface area (Å²) >= 11 is 1.01. The Labute approximate surface area is 160 Å². The molecule has 9 heteroatoms. The fourth-order valence-corrected chi connectivity index (χ4v) is 3.39. The SMILES string of the molecule is C#Cc1cnc(-c2ccc(C(=O)C(=O)O)s2)nc1Nc1cc(C2CC2)[nH]n1.[HH].[HH]. The van der Waals surface area contributed by atoms with E-state index in [9.17, 15) is 9.59 Å². The molecule has 138 valence electrons. The number of carboxylic acids is 1. The van der Waals surface area contributed by atoms with Crippen molar-refractivity contribution in [3.8, 4) is 23.0 Å². The Morgan fingerprint density at radius 2 is 2.22 bits per heavy atom. The van der Waals surface area contributed by atoms with Crippen LogP contribution in [0, 0.1) is 12.3 Å². The minimum atomic E-state index is -1.50. The van der Waals surface area contributed by atoms with Crippen molar-refractivity contribution < 1.29 is 17.5 Å². The number of aromatic nitrogens is 4. The van der Waals surface area contributed by atoms with Gasteiger partial charge in [0.2, 0.25) is 0 Å². The first-order chi connectivity index (χ1) is 13.0. The van der Waals surface area contributed by atoms with E-state index in [-0.39, 0.29) is 7.73 Å². The van der Waals surface area contributed by atoms with Crippen molar-refractivity contribution in [1.82, 2.24) is 20.2 Å². The maximum atomic E-state index is 11.6. The maximum absolute atomic E-state index is 11.6. The number of anilines is 2. The number of nitrogens with one attached hydrogen (secondary N) is 2. The number of rotatable bonds is 6. The smallest absolute Gasteiger partial charge is 0.378 e. The van der Waals surface area contributed by atoms with E-state index in [0.717, 1.165) is 29.9 Å². The number of carbonyl (C=O) groups excluding carboxylic acids is 1. The minimum absolute atomic E-state index is 0. The number of aromatic amines is 1. The molecule has 1 aliphatic carbocycles. The van der Waals surface area contributed by atoms with Gasteiger partial charge in [-0.3, -0.25) is 9.89 Å². The van der Waals surface area contributed by atoms with Gasteiger partial charge in [0.15, 0.2) is 17.5 Å². The van der Waals surface area contributed by atoms with Gasteiger partial charge in [-0.1, -0.05) is 5.92 Å². The van der Waals surface area contributed by atoms with E-state index in [1.807, 2.05) is 6.07 Å². The van der Waals surface area contributed by atoms with Crippen LogP contribution in [0.4, 0.5) is 11.6 Å². The Hall–Kier alpha value is -3.51. The molecular formula is C18H17N5O3S. The largest absolute Gasteiger partial charge is 0.475 e. The molecule has 3 N–H and O–H groups in total. The molecule has 1 aliphatic rings. The highest BCUT2D eigenvalue weighted by Crippen LogP contribution is 2.39. The third-order valence-electron chi connectivity index (χ3n) is 4.05. The maximum Gasteiger partial charge on any atom is 0.378 e. The van der Waals surface area contributed by atoms with E-state index < -0.39 is 11.8 Å². The van der Waals surface area contributed by atoms with Crippen molar-refractivity contribution in [2.24, 2.45) is 0 Å². The molecule has 8 nitrogen and oxygen atoms in total. The number of hydrogen-bond donors (Lipinski definition) is 3. The lowest BCUT2D eigenvalue weighted by molar-refractivity contribution is -0.131. The summed E-state index contributed by atoms with van der Waals surface area (Å²) in [7, 11) is 0. The highest BCUT2D eigenvalue weighted by Gasteiger charge is 2.25. The summed E-state index contributed by atoms with van der Waals surface area (Å²) in [5, 5.41) is 19.1. The Bertz CT molecular complexity index is 1100. The number of Topliss-reactive ketones (excluding diaryl/α,β-unsaturated/α-hetero) is 1. The molecule has 3 aromatic heterocycles. The van der Waals surface area contributed by atoms with Crippen molar-refractivity contribution >= 4 is 34.7 Å². The summed E-state index contributed by atoms with van der Waals surface area (Å²) in [6.45, 7) is 0. The summed E-state index contributed by atoms with van der Waals surface area (Å²) in [4.78, 5) is 31.7. The third-order valence-corrected chi connectivity index (χ3v) is 5.13. The van der Waals surface area contributed by atoms with Gasteiger partial charge in [-0.05, 0) is 25.0 Å². The van der Waals surface area contributed by atoms with E-state index in [0.29, 0.717) is 33.8 Å². The molecule has 0 bridgehead atoms. The monoisotopic (exact) mass is 383 g/mol. The van der Waals surface area contributed by atoms with E-state index in [2.05, 4.69) is 31.4 Å². The van der Waals surface area contributed by atoms with Crippen molar-refractivity contribution in [3.63, 3.8) is 0 Å². The minimum Gasteiger partial charge on any atom is -0.475 e. The van der Waals surface area contributed by atoms with E-state index in [1.54, 1.807) is 6.07 Å². The molecule has 4 rings (SSSR count). The van der Waals surface area contributed by atoms with Crippen LogP contribution >= 0.6 is 11.3 Å². The molecule has 3 aromatic rings. The number of thiophene rings is 1. The molecule has 0 saturated heterocycles. The summed E-state index contributed by atoms with van der Waals surface area (Å²) in [5.41, 5.74) is 1.54. The van der Waals surface area contributed by atoms with E-state index in [4.69, 9.17) is 11.5 Å². The molecule has 3 heterocycles. The zero-order valence-corrected chi connectivity index (χ0v) is 14.7. The van der Waals surface area contributed by atoms with Crippen molar-refractivity contribution in [2.45, 2.75) is 18.8 Å². The summed E-state index contributed by atoms with van der Waals surface area (Å²) in [5.74, 6) is 1.95. The van der Waals surface area contributed by atoms with Gasteiger partial charge < -0.3 is 10.4 Å². The zero-order valence-electron chi connectivity index (χ0n) is 13.9. The lowest BCUT2D eigenvalue weighted by Crippen LogP contribution is -2.10. The average molecular weight is 383 g/mol. The summed E-state index contributed by atoms with van der Waals surface area (Å²) in [6, 6.07) is 4.97. The first-order valence-corrected chi connectivity index (χ1v) is 8.90. The van der Waals surface area contributed by atoms with Crippen LogP contribution in [-0.4, -0.2) is 37.0 Å². The lowest BCUT2D eigenvalue weighted by Gasteiger charge is -2.06. The molecule has 0 aromatic carbocycles. The van der Waals surface area contributed by atoms with Crippen LogP contribution < -0.4 is 5.32 Å². The number of ketones is 1. The highest BCUT2D eigenvalue weighted by atomic mass is 32.1. The Morgan fingerprint density at radius 1 is 1.41 bits per heavy atom. The van der Waals surface area contributed by atoms with Crippen LogP contribution in [0.2, 0.25) is 0 Å². The second-order valence-corrected chi connectivity index (χ2v) is 7.09. The fraction of sp³-hybridized carbons (Fsp3) is 0.167. The third kappa shape index (κ3) is 3.43. The lowest BCUT2D eigenvalue weighted by atomic mass is 10.3. The topological polar surface area (TPSA) is 121 Å². The van der Waals surface area contributed by atoms with E-state index in [1.165, 1.54) is 12.3 Å². The number of nitrogens with zero attached hydrogens (tertiary/aromatic N) is 3. The highest BCUT2D eigenvalue weighted by molar-refractivity contribution is 7.18. The molecular weight excluding hydrogens is 366 g/mol. The van der Waals surface area contributed by atoms with Crippen molar-refractivity contribution in [1.29, 1.82) is 0 Å². The van der Waals surface area contributed by atoms with Crippen LogP contribution in [-0.2, 0) is 4.79 Å². The number of H-pyrrole nitrogens is 1. The number of terminal acetylenes is 1. The van der Waals surface area contributed by atoms with Crippen LogP contribution in [0.25, 0.3) is 10.7 Å². The predicted molar refractivity (Wildman–Crippen MR) is 103 cm³/mol. The second kappa shape index (κ2) is 6.66. The van der Waals surface area contributed by atoms with Gasteiger partial charge in [0, 0.05) is 26.7 Å². The summed E-state index contributed by atoms with van der Waals surface area (Å²) < 4.78 is 0. The molecule has 0 radical (unpaired) electrons. The predicted octanol–water partition coefficient (Wildman–Crippen LogP) is 3.29. The van der Waals surface area contributed by atoms with E-state index >= 15 is 0 Å². The number of hydrogen-bond acceptors (Lipinski definition) is 7. The van der Waals surface area contributed by atoms with Crippen molar-refractivity contribution in [2.75, 3.05) is 5.32 Å². The molecule has 1 fully saturated rings. The second-order valence-electron chi connectivity index (χ2n) is 6.01. The quantitative estimate of drug-likeness (QED) is 0.339. The number of aliphatic carboxylic acids is 1. The standard InChI is InChI=1S/C18H13N5O3S.2H2/c1-2-9-8-19-17(13-6-5-12(27-13)15(24)18(25)26)21-16(9)20-14-7-11(22-23-14)10-3-4-10;;/h1,5-8,10H,3-4H2,(H,25,26)(H2,19,20,21,22,23);2*1H. The van der Waals surface area contributed by atoms with Gasteiger partial charge in [0.25, 0.3) is 5.78 Å². The molecule has 0 aliphatic heterocycles. The first kappa shape index (κ1) is 16.9. The Kier molecular flexibility index (Phi) is 4.18. The van der Waals surface area contributed by atoms with Crippen LogP contribution in [0.5, 0.6) is 0 Å². The van der Waals surface area contributed by atoms with Crippen LogP contribution in [0.15, 0.2) is 24.4 Å².